The zero-order chi connectivity index (χ0) is 26.9. The van der Waals surface area contributed by atoms with Crippen LogP contribution in [0.5, 0.6) is 0 Å². The van der Waals surface area contributed by atoms with E-state index < -0.39 is 53.0 Å². The minimum absolute atomic E-state index is 0.0661. The molecule has 6 rings (SSSR count). The van der Waals surface area contributed by atoms with Crippen molar-refractivity contribution in [2.45, 2.75) is 95.5 Å². The van der Waals surface area contributed by atoms with Crippen LogP contribution in [0.2, 0.25) is 0 Å². The van der Waals surface area contributed by atoms with Crippen LogP contribution in [0.3, 0.4) is 0 Å². The van der Waals surface area contributed by atoms with Crippen LogP contribution in [0.25, 0.3) is 0 Å². The van der Waals surface area contributed by atoms with Gasteiger partial charge >= 0.3 is 11.9 Å². The van der Waals surface area contributed by atoms with E-state index in [1.165, 1.54) is 17.7 Å². The maximum absolute atomic E-state index is 13.1. The molecule has 0 aromatic carbocycles. The van der Waals surface area contributed by atoms with Crippen LogP contribution >= 0.6 is 0 Å². The van der Waals surface area contributed by atoms with Gasteiger partial charge < -0.3 is 33.5 Å². The lowest BCUT2D eigenvalue weighted by Crippen LogP contribution is -2.66. The summed E-state index contributed by atoms with van der Waals surface area (Å²) in [6.07, 6.45) is 8.09. The molecule has 0 aromatic heterocycles. The van der Waals surface area contributed by atoms with Gasteiger partial charge in [0.05, 0.1) is 30.3 Å². The van der Waals surface area contributed by atoms with Crippen molar-refractivity contribution in [1.82, 2.24) is 0 Å². The van der Waals surface area contributed by atoms with Gasteiger partial charge in [-0.2, -0.15) is 0 Å². The molecule has 4 aliphatic heterocycles. The number of hydrogen-bond donors (Lipinski definition) is 1. The number of esters is 2. The first-order chi connectivity index (χ1) is 18.1. The highest BCUT2D eigenvalue weighted by molar-refractivity contribution is 5.83. The first-order valence-corrected chi connectivity index (χ1v) is 13.5. The molecule has 4 bridgehead atoms. The van der Waals surface area contributed by atoms with Gasteiger partial charge in [0.25, 0.3) is 0 Å². The first kappa shape index (κ1) is 26.0. The Kier molecular flexibility index (Phi) is 6.23. The SMILES string of the molecule is CC1=C[C@H]2O[C@@H]3C[C@H]4OC(=O)/C=C\C=C\[C@@H]5O[C@@H](O[C@H]5C)[C@H](O)/C(C)=C/C(=O)OC[C@@]2(CC1)[C@]4(C)[C@]31CO1. The zero-order valence-electron chi connectivity index (χ0n) is 22.3. The number of aliphatic hydroxyl groups excluding tert-OH is 1. The molecular weight excluding hydrogens is 492 g/mol. The molecule has 0 aromatic rings. The van der Waals surface area contributed by atoms with Crippen LogP contribution < -0.4 is 0 Å². The predicted octanol–water partition coefficient (Wildman–Crippen LogP) is 2.68. The second-order valence-electron chi connectivity index (χ2n) is 11.8. The number of carbonyl (C=O) groups excluding carboxylic acids is 2. The molecule has 206 valence electrons. The van der Waals surface area contributed by atoms with Crippen LogP contribution in [0.1, 0.15) is 47.0 Å². The number of epoxide rings is 1. The minimum atomic E-state index is -1.14. The van der Waals surface area contributed by atoms with Crippen molar-refractivity contribution in [3.05, 3.63) is 47.6 Å². The van der Waals surface area contributed by atoms with Crippen molar-refractivity contribution < 1.29 is 43.1 Å². The predicted molar refractivity (Wildman–Crippen MR) is 134 cm³/mol. The summed E-state index contributed by atoms with van der Waals surface area (Å²) in [5.41, 5.74) is -0.284. The molecule has 2 aliphatic carbocycles. The molecule has 6 aliphatic rings. The molecule has 2 spiro atoms. The van der Waals surface area contributed by atoms with E-state index in [0.29, 0.717) is 25.0 Å². The van der Waals surface area contributed by atoms with Gasteiger partial charge in [-0.15, -0.1) is 0 Å². The third kappa shape index (κ3) is 3.78. The number of ether oxygens (including phenoxy) is 6. The Bertz CT molecular complexity index is 1130. The number of carbonyl (C=O) groups is 2. The Labute approximate surface area is 222 Å². The zero-order valence-corrected chi connectivity index (χ0v) is 22.3. The van der Waals surface area contributed by atoms with Gasteiger partial charge in [0.2, 0.25) is 0 Å². The molecule has 1 N–H and O–H groups in total. The van der Waals surface area contributed by atoms with Crippen LogP contribution in [0.15, 0.2) is 47.6 Å². The fourth-order valence-electron chi connectivity index (χ4n) is 7.29. The normalized spacial score (nSPS) is 51.4. The van der Waals surface area contributed by atoms with E-state index in [2.05, 4.69) is 19.9 Å². The summed E-state index contributed by atoms with van der Waals surface area (Å²) >= 11 is 0. The fraction of sp³-hybridized carbons (Fsp3) is 0.655. The molecule has 9 nitrogen and oxygen atoms in total. The van der Waals surface area contributed by atoms with Gasteiger partial charge in [0.1, 0.15) is 30.5 Å². The second kappa shape index (κ2) is 9.13. The van der Waals surface area contributed by atoms with Crippen LogP contribution in [-0.4, -0.2) is 78.8 Å². The molecule has 0 radical (unpaired) electrons. The van der Waals surface area contributed by atoms with E-state index >= 15 is 0 Å². The number of allylic oxidation sites excluding steroid dienone is 3. The number of hydrogen-bond acceptors (Lipinski definition) is 9. The van der Waals surface area contributed by atoms with Crippen LogP contribution in [0, 0.1) is 10.8 Å². The van der Waals surface area contributed by atoms with Crippen molar-refractivity contribution in [2.24, 2.45) is 10.8 Å². The molecule has 0 amide bonds. The molecule has 4 fully saturated rings. The summed E-state index contributed by atoms with van der Waals surface area (Å²) in [5.74, 6) is -1.03. The van der Waals surface area contributed by atoms with Crippen molar-refractivity contribution in [2.75, 3.05) is 13.2 Å². The number of cyclic esters (lactones) is 1. The Balaban J connectivity index is 1.39. The quantitative estimate of drug-likeness (QED) is 0.288. The fourth-order valence-corrected chi connectivity index (χ4v) is 7.29. The monoisotopic (exact) mass is 528 g/mol. The summed E-state index contributed by atoms with van der Waals surface area (Å²) in [7, 11) is 0. The highest BCUT2D eigenvalue weighted by Gasteiger charge is 2.83. The maximum atomic E-state index is 13.1. The molecule has 1 saturated carbocycles. The highest BCUT2D eigenvalue weighted by atomic mass is 16.7. The molecule has 0 unspecified atom stereocenters. The van der Waals surface area contributed by atoms with Crippen LogP contribution in [0.4, 0.5) is 0 Å². The lowest BCUT2D eigenvalue weighted by atomic mass is 9.51. The van der Waals surface area contributed by atoms with Crippen LogP contribution in [-0.2, 0) is 38.0 Å². The van der Waals surface area contributed by atoms with Crippen molar-refractivity contribution in [3.8, 4) is 0 Å². The average molecular weight is 529 g/mol. The van der Waals surface area contributed by atoms with Crippen molar-refractivity contribution in [3.63, 3.8) is 0 Å². The van der Waals surface area contributed by atoms with E-state index in [0.717, 1.165) is 6.42 Å². The van der Waals surface area contributed by atoms with E-state index in [4.69, 9.17) is 28.4 Å². The third-order valence-corrected chi connectivity index (χ3v) is 9.76. The van der Waals surface area contributed by atoms with Crippen molar-refractivity contribution >= 4 is 11.9 Å². The highest BCUT2D eigenvalue weighted by Crippen LogP contribution is 2.72. The van der Waals surface area contributed by atoms with E-state index in [-0.39, 0.29) is 24.9 Å². The topological polar surface area (TPSA) is 113 Å². The minimum Gasteiger partial charge on any atom is -0.462 e. The molecule has 38 heavy (non-hydrogen) atoms. The van der Waals surface area contributed by atoms with Gasteiger partial charge in [-0.25, -0.2) is 9.59 Å². The van der Waals surface area contributed by atoms with E-state index in [9.17, 15) is 14.7 Å². The summed E-state index contributed by atoms with van der Waals surface area (Å²) < 4.78 is 36.4. The Hall–Kier alpha value is -2.30. The third-order valence-electron chi connectivity index (χ3n) is 9.76. The van der Waals surface area contributed by atoms with Gasteiger partial charge in [-0.1, -0.05) is 36.8 Å². The Morgan fingerprint density at radius 1 is 1.03 bits per heavy atom. The molecule has 10 atom stereocenters. The maximum Gasteiger partial charge on any atom is 0.331 e. The van der Waals surface area contributed by atoms with Gasteiger partial charge in [-0.05, 0) is 39.2 Å². The average Bonchev–Trinajstić information content (AvgIpc) is 3.57. The van der Waals surface area contributed by atoms with Gasteiger partial charge in [0, 0.05) is 24.0 Å². The Morgan fingerprint density at radius 3 is 2.58 bits per heavy atom. The van der Waals surface area contributed by atoms with E-state index in [1.54, 1.807) is 25.2 Å². The number of fused-ring (bicyclic) bond motifs is 2. The molecule has 9 heteroatoms. The summed E-state index contributed by atoms with van der Waals surface area (Å²) in [6, 6.07) is 0. The first-order valence-electron chi connectivity index (χ1n) is 13.5. The number of rotatable bonds is 0. The Morgan fingerprint density at radius 2 is 1.82 bits per heavy atom. The van der Waals surface area contributed by atoms with Gasteiger partial charge in [-0.3, -0.25) is 0 Å². The molecular formula is C29H36O9. The second-order valence-corrected chi connectivity index (χ2v) is 11.8. The largest absolute Gasteiger partial charge is 0.462 e. The smallest absolute Gasteiger partial charge is 0.331 e. The lowest BCUT2D eigenvalue weighted by Gasteiger charge is -2.58. The summed E-state index contributed by atoms with van der Waals surface area (Å²) in [4.78, 5) is 26.0. The lowest BCUT2D eigenvalue weighted by molar-refractivity contribution is -0.232. The molecule has 3 saturated heterocycles. The summed E-state index contributed by atoms with van der Waals surface area (Å²) in [5, 5.41) is 10.8. The number of aliphatic hydroxyl groups is 1. The standard InChI is InChI=1S/C29H36O9/c1-16-9-10-28-14-33-24(31)12-17(2)25(32)26-35-18(3)19(36-26)7-5-6-8-23(30)38-20-13-22(37-21(28)11-16)29(15-34-29)27(20,28)4/h5-8,11-12,18-22,25-26,32H,9-10,13-15H2,1-4H3/b7-5+,8-6-,17-12+/t18-,19-,20+,21+,22+,25+,26+,27+,28+,29-/m0/s1. The van der Waals surface area contributed by atoms with E-state index in [1.807, 2.05) is 6.92 Å². The summed E-state index contributed by atoms with van der Waals surface area (Å²) in [6.45, 7) is 8.24. The van der Waals surface area contributed by atoms with Crippen molar-refractivity contribution in [1.29, 1.82) is 0 Å². The van der Waals surface area contributed by atoms with Gasteiger partial charge in [0.15, 0.2) is 6.29 Å². The molecule has 4 heterocycles.